The second-order valence-corrected chi connectivity index (χ2v) is 5.62. The number of hydrogen-bond donors (Lipinski definition) is 1. The highest BCUT2D eigenvalue weighted by atomic mass is 32.1. The third-order valence-electron chi connectivity index (χ3n) is 3.82. The molecule has 98 valence electrons. The number of thiocarbonyl (C=S) groups is 1. The first-order chi connectivity index (χ1) is 8.02. The normalized spacial score (nSPS) is 19.4. The highest BCUT2D eigenvalue weighted by Gasteiger charge is 2.22. The van der Waals surface area contributed by atoms with E-state index in [-0.39, 0.29) is 11.9 Å². The predicted octanol–water partition coefficient (Wildman–Crippen LogP) is 2.48. The Balaban J connectivity index is 2.44. The molecule has 17 heavy (non-hydrogen) atoms. The quantitative estimate of drug-likeness (QED) is 0.621. The third kappa shape index (κ3) is 4.62. The lowest BCUT2D eigenvalue weighted by Gasteiger charge is -2.26. The van der Waals surface area contributed by atoms with Gasteiger partial charge in [0.25, 0.3) is 0 Å². The lowest BCUT2D eigenvalue weighted by Crippen LogP contribution is -2.43. The van der Waals surface area contributed by atoms with Gasteiger partial charge in [-0.2, -0.15) is 0 Å². The Hall–Kier alpha value is -0.640. The fraction of sp³-hybridized carbons (Fsp3) is 0.846. The van der Waals surface area contributed by atoms with Crippen molar-refractivity contribution in [2.75, 3.05) is 7.05 Å². The minimum Gasteiger partial charge on any atom is -0.392 e. The van der Waals surface area contributed by atoms with E-state index in [4.69, 9.17) is 18.0 Å². The van der Waals surface area contributed by atoms with Crippen LogP contribution in [0.25, 0.3) is 0 Å². The standard InChI is InChI=1S/C13H24N2OS/c1-10(13(14)17)15(2)12(16)9-11-7-5-3-4-6-8-11/h10-11H,3-9H2,1-2H3,(H2,14,17). The Labute approximate surface area is 110 Å². The zero-order valence-corrected chi connectivity index (χ0v) is 11.8. The summed E-state index contributed by atoms with van der Waals surface area (Å²) in [6, 6.07) is -0.136. The maximum atomic E-state index is 12.1. The molecule has 1 rings (SSSR count). The van der Waals surface area contributed by atoms with E-state index in [0.717, 1.165) is 0 Å². The Kier molecular flexibility index (Phi) is 5.89. The second kappa shape index (κ2) is 6.94. The number of likely N-dealkylation sites (N-methyl/N-ethyl adjacent to an activating group) is 1. The van der Waals surface area contributed by atoms with Crippen LogP contribution in [-0.2, 0) is 4.79 Å². The van der Waals surface area contributed by atoms with Crippen LogP contribution in [0.5, 0.6) is 0 Å². The Morgan fingerprint density at radius 2 is 1.88 bits per heavy atom. The van der Waals surface area contributed by atoms with E-state index >= 15 is 0 Å². The number of hydrogen-bond acceptors (Lipinski definition) is 2. The molecule has 4 heteroatoms. The first-order valence-electron chi connectivity index (χ1n) is 6.57. The van der Waals surface area contributed by atoms with Gasteiger partial charge in [0.2, 0.25) is 5.91 Å². The lowest BCUT2D eigenvalue weighted by molar-refractivity contribution is -0.131. The summed E-state index contributed by atoms with van der Waals surface area (Å²) in [7, 11) is 1.79. The molecule has 0 heterocycles. The van der Waals surface area contributed by atoms with Gasteiger partial charge in [-0.15, -0.1) is 0 Å². The maximum absolute atomic E-state index is 12.1. The number of amides is 1. The summed E-state index contributed by atoms with van der Waals surface area (Å²) in [6.45, 7) is 1.88. The average Bonchev–Trinajstić information content (AvgIpc) is 2.55. The van der Waals surface area contributed by atoms with Crippen molar-refractivity contribution in [3.8, 4) is 0 Å². The van der Waals surface area contributed by atoms with Crippen LogP contribution < -0.4 is 5.73 Å². The predicted molar refractivity (Wildman–Crippen MR) is 74.8 cm³/mol. The summed E-state index contributed by atoms with van der Waals surface area (Å²) in [6.07, 6.45) is 8.23. The SMILES string of the molecule is CC(C(N)=S)N(C)C(=O)CC1CCCCCC1. The van der Waals surface area contributed by atoms with Gasteiger partial charge in [0, 0.05) is 13.5 Å². The smallest absolute Gasteiger partial charge is 0.223 e. The summed E-state index contributed by atoms with van der Waals surface area (Å²) in [5.41, 5.74) is 5.57. The molecule has 0 aliphatic heterocycles. The first kappa shape index (κ1) is 14.4. The molecule has 0 aromatic carbocycles. The molecule has 1 fully saturated rings. The number of carbonyl (C=O) groups is 1. The minimum atomic E-state index is -0.136. The molecule has 0 aromatic heterocycles. The van der Waals surface area contributed by atoms with Crippen LogP contribution in [0.3, 0.4) is 0 Å². The molecule has 3 nitrogen and oxygen atoms in total. The van der Waals surface area contributed by atoms with Crippen LogP contribution in [0.4, 0.5) is 0 Å². The van der Waals surface area contributed by atoms with Gasteiger partial charge >= 0.3 is 0 Å². The molecule has 0 bridgehead atoms. The molecule has 1 aliphatic rings. The zero-order valence-electron chi connectivity index (χ0n) is 10.9. The highest BCUT2D eigenvalue weighted by molar-refractivity contribution is 7.80. The summed E-state index contributed by atoms with van der Waals surface area (Å²) in [5.74, 6) is 0.739. The maximum Gasteiger partial charge on any atom is 0.223 e. The summed E-state index contributed by atoms with van der Waals surface area (Å²) >= 11 is 4.92. The first-order valence-corrected chi connectivity index (χ1v) is 6.98. The van der Waals surface area contributed by atoms with Crippen LogP contribution in [-0.4, -0.2) is 28.9 Å². The van der Waals surface area contributed by atoms with Crippen molar-refractivity contribution in [2.24, 2.45) is 11.7 Å². The van der Waals surface area contributed by atoms with Gasteiger partial charge in [0.15, 0.2) is 0 Å². The average molecular weight is 256 g/mol. The van der Waals surface area contributed by atoms with Crippen molar-refractivity contribution in [1.29, 1.82) is 0 Å². The number of rotatable bonds is 4. The fourth-order valence-corrected chi connectivity index (χ4v) is 2.52. The van der Waals surface area contributed by atoms with Gasteiger partial charge in [-0.25, -0.2) is 0 Å². The van der Waals surface area contributed by atoms with E-state index in [1.54, 1.807) is 11.9 Å². The molecule has 0 spiro atoms. The van der Waals surface area contributed by atoms with Gasteiger partial charge in [-0.3, -0.25) is 4.79 Å². The van der Waals surface area contributed by atoms with Crippen LogP contribution in [0, 0.1) is 5.92 Å². The Morgan fingerprint density at radius 3 is 2.35 bits per heavy atom. The molecule has 1 atom stereocenters. The van der Waals surface area contributed by atoms with Gasteiger partial charge in [0.05, 0.1) is 11.0 Å². The molecule has 2 N–H and O–H groups in total. The van der Waals surface area contributed by atoms with Crippen LogP contribution in [0.15, 0.2) is 0 Å². The number of nitrogens with zero attached hydrogens (tertiary/aromatic N) is 1. The van der Waals surface area contributed by atoms with E-state index in [2.05, 4.69) is 0 Å². The third-order valence-corrected chi connectivity index (χ3v) is 4.17. The molecular weight excluding hydrogens is 232 g/mol. The van der Waals surface area contributed by atoms with Crippen LogP contribution in [0.2, 0.25) is 0 Å². The van der Waals surface area contributed by atoms with Crippen LogP contribution in [0.1, 0.15) is 51.9 Å². The number of nitrogens with two attached hydrogens (primary N) is 1. The van der Waals surface area contributed by atoms with Gasteiger partial charge in [-0.1, -0.05) is 37.9 Å². The molecule has 0 radical (unpaired) electrons. The fourth-order valence-electron chi connectivity index (χ4n) is 2.37. The molecular formula is C13H24N2OS. The molecule has 1 aliphatic carbocycles. The second-order valence-electron chi connectivity index (χ2n) is 5.14. The number of carbonyl (C=O) groups excluding carboxylic acids is 1. The van der Waals surface area contributed by atoms with Crippen molar-refractivity contribution in [3.05, 3.63) is 0 Å². The molecule has 0 saturated heterocycles. The van der Waals surface area contributed by atoms with Crippen molar-refractivity contribution >= 4 is 23.1 Å². The van der Waals surface area contributed by atoms with Crippen molar-refractivity contribution in [1.82, 2.24) is 4.90 Å². The van der Waals surface area contributed by atoms with Crippen LogP contribution >= 0.6 is 12.2 Å². The summed E-state index contributed by atoms with van der Waals surface area (Å²) in [4.78, 5) is 14.2. The van der Waals surface area contributed by atoms with E-state index in [9.17, 15) is 4.79 Å². The van der Waals surface area contributed by atoms with E-state index in [1.807, 2.05) is 6.92 Å². The van der Waals surface area contributed by atoms with Gasteiger partial charge in [0.1, 0.15) is 0 Å². The topological polar surface area (TPSA) is 46.3 Å². The largest absolute Gasteiger partial charge is 0.392 e. The van der Waals surface area contributed by atoms with Gasteiger partial charge in [-0.05, 0) is 25.7 Å². The monoisotopic (exact) mass is 256 g/mol. The van der Waals surface area contributed by atoms with E-state index < -0.39 is 0 Å². The van der Waals surface area contributed by atoms with E-state index in [0.29, 0.717) is 17.3 Å². The molecule has 0 aromatic rings. The van der Waals surface area contributed by atoms with Crippen molar-refractivity contribution in [3.63, 3.8) is 0 Å². The Bertz CT molecular complexity index is 273. The van der Waals surface area contributed by atoms with Gasteiger partial charge < -0.3 is 10.6 Å². The minimum absolute atomic E-state index is 0.136. The molecule has 1 unspecified atom stereocenters. The van der Waals surface area contributed by atoms with E-state index in [1.165, 1.54) is 38.5 Å². The summed E-state index contributed by atoms with van der Waals surface area (Å²) in [5, 5.41) is 0. The zero-order chi connectivity index (χ0) is 12.8. The molecule has 1 amide bonds. The molecule has 1 saturated carbocycles. The highest BCUT2D eigenvalue weighted by Crippen LogP contribution is 2.26. The van der Waals surface area contributed by atoms with Crippen molar-refractivity contribution < 1.29 is 4.79 Å². The summed E-state index contributed by atoms with van der Waals surface area (Å²) < 4.78 is 0. The lowest BCUT2D eigenvalue weighted by atomic mass is 9.96. The van der Waals surface area contributed by atoms with Crippen molar-refractivity contribution in [2.45, 2.75) is 57.9 Å². The Morgan fingerprint density at radius 1 is 1.35 bits per heavy atom.